The van der Waals surface area contributed by atoms with E-state index in [1.165, 1.54) is 0 Å². The fraction of sp³-hybridized carbons (Fsp3) is 0.529. The highest BCUT2D eigenvalue weighted by atomic mass is 31.2. The molecule has 1 rings (SSSR count). The van der Waals surface area contributed by atoms with Crippen LogP contribution < -0.4 is 0 Å². The Kier molecular flexibility index (Phi) is 9.63. The third-order valence-electron chi connectivity index (χ3n) is 4.53. The van der Waals surface area contributed by atoms with E-state index in [1.54, 1.807) is 6.08 Å². The van der Waals surface area contributed by atoms with Crippen molar-refractivity contribution in [3.05, 3.63) is 42.0 Å². The number of aliphatic hydroxyl groups is 3. The standard InChI is InChI=1S/C17H28NO7P/c1-2-15-3-5-16(6-4-15)13-17(14-25-26(22,23)24)18(7-10-19,8-11-20)9-12-21/h2-6,17,19-21H,1,7-14H2,(H-,22,23,24)/p+1. The maximum absolute atomic E-state index is 11.2. The molecular weight excluding hydrogens is 361 g/mol. The van der Waals surface area contributed by atoms with Crippen molar-refractivity contribution in [3.63, 3.8) is 0 Å². The minimum atomic E-state index is -4.67. The molecule has 1 unspecified atom stereocenters. The normalized spacial score (nSPS) is 13.6. The Balaban J connectivity index is 3.15. The maximum atomic E-state index is 11.2. The van der Waals surface area contributed by atoms with E-state index in [1.807, 2.05) is 24.3 Å². The van der Waals surface area contributed by atoms with Crippen molar-refractivity contribution >= 4 is 13.9 Å². The average Bonchev–Trinajstić information content (AvgIpc) is 2.59. The smallest absolute Gasteiger partial charge is 0.391 e. The highest BCUT2D eigenvalue weighted by molar-refractivity contribution is 7.46. The summed E-state index contributed by atoms with van der Waals surface area (Å²) in [5.74, 6) is 0. The number of aliphatic hydroxyl groups excluding tert-OH is 3. The second kappa shape index (κ2) is 10.9. The first-order chi connectivity index (χ1) is 12.3. The van der Waals surface area contributed by atoms with Gasteiger partial charge in [0.2, 0.25) is 0 Å². The molecule has 26 heavy (non-hydrogen) atoms. The Labute approximate surface area is 153 Å². The molecule has 0 amide bonds. The minimum absolute atomic E-state index is 0.0900. The lowest BCUT2D eigenvalue weighted by Gasteiger charge is -2.44. The summed E-state index contributed by atoms with van der Waals surface area (Å²) in [5.41, 5.74) is 1.85. The lowest BCUT2D eigenvalue weighted by molar-refractivity contribution is -0.952. The SMILES string of the molecule is C=Cc1ccc(CC(COP(=O)(O)O)[N+](CCO)(CCO)CCO)cc1. The zero-order valence-corrected chi connectivity index (χ0v) is 15.7. The van der Waals surface area contributed by atoms with Gasteiger partial charge in [0.1, 0.15) is 32.3 Å². The third-order valence-corrected chi connectivity index (χ3v) is 5.02. The van der Waals surface area contributed by atoms with Crippen LogP contribution in [0.15, 0.2) is 30.8 Å². The lowest BCUT2D eigenvalue weighted by Crippen LogP contribution is -2.61. The summed E-state index contributed by atoms with van der Waals surface area (Å²) in [4.78, 5) is 18.2. The molecule has 8 nitrogen and oxygen atoms in total. The minimum Gasteiger partial charge on any atom is -0.391 e. The second-order valence-corrected chi connectivity index (χ2v) is 7.39. The van der Waals surface area contributed by atoms with Gasteiger partial charge in [0, 0.05) is 6.42 Å². The number of rotatable bonds is 13. The van der Waals surface area contributed by atoms with E-state index in [2.05, 4.69) is 6.58 Å². The number of hydrogen-bond acceptors (Lipinski definition) is 5. The molecule has 0 aliphatic rings. The topological polar surface area (TPSA) is 127 Å². The van der Waals surface area contributed by atoms with Crippen LogP contribution in [0.2, 0.25) is 0 Å². The first kappa shape index (κ1) is 23.0. The van der Waals surface area contributed by atoms with Crippen molar-refractivity contribution in [1.29, 1.82) is 0 Å². The van der Waals surface area contributed by atoms with E-state index in [0.29, 0.717) is 6.42 Å². The molecule has 1 aromatic carbocycles. The number of benzene rings is 1. The molecule has 0 aromatic heterocycles. The van der Waals surface area contributed by atoms with Crippen LogP contribution in [0, 0.1) is 0 Å². The lowest BCUT2D eigenvalue weighted by atomic mass is 10.0. The Morgan fingerprint density at radius 3 is 1.92 bits per heavy atom. The first-order valence-electron chi connectivity index (χ1n) is 8.40. The van der Waals surface area contributed by atoms with Crippen molar-refractivity contribution < 1.29 is 38.7 Å². The number of nitrogens with zero attached hydrogens (tertiary/aromatic N) is 1. The van der Waals surface area contributed by atoms with Gasteiger partial charge in [-0.2, -0.15) is 0 Å². The predicted octanol–water partition coefficient (Wildman–Crippen LogP) is 0.144. The molecule has 0 aliphatic heterocycles. The zero-order valence-electron chi connectivity index (χ0n) is 14.8. The van der Waals surface area contributed by atoms with Crippen molar-refractivity contribution in [2.24, 2.45) is 0 Å². The highest BCUT2D eigenvalue weighted by Gasteiger charge is 2.37. The molecule has 9 heteroatoms. The molecule has 0 bridgehead atoms. The van der Waals surface area contributed by atoms with Crippen LogP contribution in [0.5, 0.6) is 0 Å². The van der Waals surface area contributed by atoms with Gasteiger partial charge in [-0.15, -0.1) is 0 Å². The summed E-state index contributed by atoms with van der Waals surface area (Å²) in [6.45, 7) is 3.52. The average molecular weight is 390 g/mol. The van der Waals surface area contributed by atoms with Crippen LogP contribution in [-0.2, 0) is 15.5 Å². The van der Waals surface area contributed by atoms with Crippen LogP contribution in [0.3, 0.4) is 0 Å². The van der Waals surface area contributed by atoms with Gasteiger partial charge in [-0.3, -0.25) is 4.52 Å². The second-order valence-electron chi connectivity index (χ2n) is 6.15. The fourth-order valence-electron chi connectivity index (χ4n) is 3.14. The Bertz CT molecular complexity index is 570. The van der Waals surface area contributed by atoms with E-state index >= 15 is 0 Å². The van der Waals surface area contributed by atoms with Crippen molar-refractivity contribution in [2.75, 3.05) is 46.1 Å². The van der Waals surface area contributed by atoms with Gasteiger partial charge in [0.25, 0.3) is 0 Å². The van der Waals surface area contributed by atoms with Gasteiger partial charge in [-0.25, -0.2) is 4.57 Å². The van der Waals surface area contributed by atoms with Crippen LogP contribution in [0.1, 0.15) is 11.1 Å². The summed E-state index contributed by atoms with van der Waals surface area (Å²) < 4.78 is 16.0. The van der Waals surface area contributed by atoms with E-state index in [9.17, 15) is 19.9 Å². The molecule has 0 saturated heterocycles. The Morgan fingerprint density at radius 2 is 1.54 bits per heavy atom. The molecule has 148 valence electrons. The maximum Gasteiger partial charge on any atom is 0.469 e. The van der Waals surface area contributed by atoms with Gasteiger partial charge in [0.15, 0.2) is 0 Å². The summed E-state index contributed by atoms with van der Waals surface area (Å²) in [5, 5.41) is 28.4. The van der Waals surface area contributed by atoms with E-state index in [4.69, 9.17) is 14.3 Å². The quantitative estimate of drug-likeness (QED) is 0.240. The van der Waals surface area contributed by atoms with Gasteiger partial charge >= 0.3 is 7.82 Å². The monoisotopic (exact) mass is 390 g/mol. The molecule has 5 N–H and O–H groups in total. The van der Waals surface area contributed by atoms with Crippen molar-refractivity contribution in [3.8, 4) is 0 Å². The summed E-state index contributed by atoms with van der Waals surface area (Å²) in [7, 11) is -4.67. The molecule has 0 aliphatic carbocycles. The van der Waals surface area contributed by atoms with Crippen molar-refractivity contribution in [1.82, 2.24) is 0 Å². The van der Waals surface area contributed by atoms with Crippen LogP contribution in [-0.4, -0.2) is 81.7 Å². The number of quaternary nitrogens is 1. The number of hydrogen-bond donors (Lipinski definition) is 5. The molecule has 1 aromatic rings. The summed E-state index contributed by atoms with van der Waals surface area (Å²) in [6.07, 6.45) is 2.11. The summed E-state index contributed by atoms with van der Waals surface area (Å²) >= 11 is 0. The van der Waals surface area contributed by atoms with Gasteiger partial charge in [0.05, 0.1) is 19.8 Å². The van der Waals surface area contributed by atoms with E-state index < -0.39 is 13.9 Å². The van der Waals surface area contributed by atoms with Gasteiger partial charge < -0.3 is 29.6 Å². The van der Waals surface area contributed by atoms with Gasteiger partial charge in [-0.05, 0) is 11.1 Å². The summed E-state index contributed by atoms with van der Waals surface area (Å²) in [6, 6.07) is 7.05. The Hall–Kier alpha value is -1.09. The molecule has 0 fully saturated rings. The number of phosphoric ester groups is 1. The fourth-order valence-corrected chi connectivity index (χ4v) is 3.50. The molecule has 0 radical (unpaired) electrons. The molecule has 0 heterocycles. The molecular formula is C17H29NO7P+. The van der Waals surface area contributed by atoms with E-state index in [0.717, 1.165) is 11.1 Å². The molecule has 0 spiro atoms. The van der Waals surface area contributed by atoms with Gasteiger partial charge in [-0.1, -0.05) is 36.9 Å². The third kappa shape index (κ3) is 7.26. The Morgan fingerprint density at radius 1 is 1.04 bits per heavy atom. The zero-order chi connectivity index (χ0) is 19.6. The van der Waals surface area contributed by atoms with Crippen molar-refractivity contribution in [2.45, 2.75) is 12.5 Å². The number of phosphoric acid groups is 1. The largest absolute Gasteiger partial charge is 0.469 e. The van der Waals surface area contributed by atoms with Crippen LogP contribution in [0.25, 0.3) is 6.08 Å². The van der Waals surface area contributed by atoms with Crippen LogP contribution >= 0.6 is 7.82 Å². The highest BCUT2D eigenvalue weighted by Crippen LogP contribution is 2.37. The van der Waals surface area contributed by atoms with E-state index in [-0.39, 0.29) is 50.5 Å². The predicted molar refractivity (Wildman–Crippen MR) is 98.1 cm³/mol. The molecule has 0 saturated carbocycles. The van der Waals surface area contributed by atoms with Crippen LogP contribution in [0.4, 0.5) is 0 Å². The molecule has 1 atom stereocenters. The first-order valence-corrected chi connectivity index (χ1v) is 9.93.